The van der Waals surface area contributed by atoms with Gasteiger partial charge in [-0.2, -0.15) is 0 Å². The quantitative estimate of drug-likeness (QED) is 0.723. The maximum absolute atomic E-state index is 12.5. The van der Waals surface area contributed by atoms with E-state index in [1.165, 1.54) is 13.3 Å². The van der Waals surface area contributed by atoms with Gasteiger partial charge in [0, 0.05) is 6.42 Å². The van der Waals surface area contributed by atoms with Gasteiger partial charge in [0.25, 0.3) is 5.91 Å². The molecule has 1 unspecified atom stereocenters. The first-order valence-electron chi connectivity index (χ1n) is 7.82. The molecule has 0 spiro atoms. The van der Waals surface area contributed by atoms with Crippen LogP contribution in [0.1, 0.15) is 16.1 Å². The molecule has 3 rings (SSSR count). The molecule has 0 bridgehead atoms. The Hall–Kier alpha value is -3.28. The van der Waals surface area contributed by atoms with Crippen molar-refractivity contribution < 1.29 is 14.3 Å². The summed E-state index contributed by atoms with van der Waals surface area (Å²) in [6, 6.07) is 15.9. The maximum Gasteiger partial charge on any atom is 0.328 e. The van der Waals surface area contributed by atoms with Crippen molar-refractivity contribution in [1.29, 1.82) is 0 Å². The zero-order chi connectivity index (χ0) is 17.6. The second-order valence-corrected chi connectivity index (χ2v) is 5.48. The molecule has 0 aliphatic carbocycles. The fourth-order valence-corrected chi connectivity index (χ4v) is 2.48. The van der Waals surface area contributed by atoms with Gasteiger partial charge in [0.05, 0.1) is 24.3 Å². The van der Waals surface area contributed by atoms with Crippen molar-refractivity contribution in [2.24, 2.45) is 0 Å². The van der Waals surface area contributed by atoms with Crippen LogP contribution in [0.2, 0.25) is 0 Å². The highest BCUT2D eigenvalue weighted by Crippen LogP contribution is 2.09. The Kier molecular flexibility index (Phi) is 4.99. The number of amides is 1. The molecule has 6 heteroatoms. The molecule has 1 atom stereocenters. The topological polar surface area (TPSA) is 81.2 Å². The third kappa shape index (κ3) is 3.98. The molecule has 25 heavy (non-hydrogen) atoms. The van der Waals surface area contributed by atoms with E-state index in [-0.39, 0.29) is 5.69 Å². The van der Waals surface area contributed by atoms with E-state index in [2.05, 4.69) is 15.3 Å². The minimum absolute atomic E-state index is 0.153. The lowest BCUT2D eigenvalue weighted by molar-refractivity contribution is -0.142. The molecule has 1 amide bonds. The van der Waals surface area contributed by atoms with E-state index in [0.717, 1.165) is 5.56 Å². The number of hydrogen-bond acceptors (Lipinski definition) is 5. The summed E-state index contributed by atoms with van der Waals surface area (Å²) in [6.45, 7) is 0. The number of fused-ring (bicyclic) bond motifs is 1. The molecule has 126 valence electrons. The molecule has 1 heterocycles. The molecule has 3 aromatic rings. The largest absolute Gasteiger partial charge is 0.467 e. The van der Waals surface area contributed by atoms with Gasteiger partial charge >= 0.3 is 5.97 Å². The van der Waals surface area contributed by atoms with Crippen LogP contribution in [0.4, 0.5) is 0 Å². The molecule has 0 radical (unpaired) electrons. The van der Waals surface area contributed by atoms with Gasteiger partial charge in [-0.3, -0.25) is 9.78 Å². The van der Waals surface area contributed by atoms with Gasteiger partial charge < -0.3 is 10.1 Å². The van der Waals surface area contributed by atoms with Crippen LogP contribution in [0.3, 0.4) is 0 Å². The zero-order valence-electron chi connectivity index (χ0n) is 13.7. The molecule has 0 fully saturated rings. The Balaban J connectivity index is 1.79. The first-order valence-corrected chi connectivity index (χ1v) is 7.82. The van der Waals surface area contributed by atoms with E-state index in [1.807, 2.05) is 48.5 Å². The third-order valence-corrected chi connectivity index (χ3v) is 3.75. The monoisotopic (exact) mass is 335 g/mol. The van der Waals surface area contributed by atoms with E-state index >= 15 is 0 Å². The van der Waals surface area contributed by atoms with Gasteiger partial charge in [0.15, 0.2) is 0 Å². The number of benzene rings is 2. The van der Waals surface area contributed by atoms with Gasteiger partial charge in [-0.25, -0.2) is 9.78 Å². The number of aromatic nitrogens is 2. The highest BCUT2D eigenvalue weighted by Gasteiger charge is 2.23. The number of nitrogens with zero attached hydrogens (tertiary/aromatic N) is 2. The van der Waals surface area contributed by atoms with Gasteiger partial charge in [-0.05, 0) is 17.7 Å². The van der Waals surface area contributed by atoms with Gasteiger partial charge in [-0.1, -0.05) is 42.5 Å². The van der Waals surface area contributed by atoms with E-state index in [0.29, 0.717) is 17.5 Å². The summed E-state index contributed by atoms with van der Waals surface area (Å²) in [5.74, 6) is -0.976. The molecule has 0 saturated carbocycles. The summed E-state index contributed by atoms with van der Waals surface area (Å²) in [5.41, 5.74) is 2.39. The molecule has 1 aromatic heterocycles. The van der Waals surface area contributed by atoms with Crippen molar-refractivity contribution in [2.75, 3.05) is 7.11 Å². The Bertz CT molecular complexity index is 897. The van der Waals surface area contributed by atoms with Gasteiger partial charge in [0.2, 0.25) is 0 Å². The molecular formula is C19H17N3O3. The lowest BCUT2D eigenvalue weighted by Gasteiger charge is -2.16. The summed E-state index contributed by atoms with van der Waals surface area (Å²) in [6.07, 6.45) is 1.73. The number of ether oxygens (including phenoxy) is 1. The molecule has 0 aliphatic heterocycles. The highest BCUT2D eigenvalue weighted by molar-refractivity contribution is 5.96. The lowest BCUT2D eigenvalue weighted by atomic mass is 10.1. The predicted octanol–water partition coefficient (Wildman–Crippen LogP) is 2.14. The zero-order valence-corrected chi connectivity index (χ0v) is 13.7. The minimum Gasteiger partial charge on any atom is -0.467 e. The van der Waals surface area contributed by atoms with Crippen LogP contribution in [0, 0.1) is 0 Å². The van der Waals surface area contributed by atoms with Crippen LogP contribution in [-0.4, -0.2) is 35.0 Å². The normalized spacial score (nSPS) is 11.7. The number of para-hydroxylation sites is 2. The third-order valence-electron chi connectivity index (χ3n) is 3.75. The highest BCUT2D eigenvalue weighted by atomic mass is 16.5. The van der Waals surface area contributed by atoms with Crippen molar-refractivity contribution in [3.05, 3.63) is 72.1 Å². The Morgan fingerprint density at radius 3 is 2.44 bits per heavy atom. The van der Waals surface area contributed by atoms with Crippen LogP contribution in [-0.2, 0) is 16.0 Å². The van der Waals surface area contributed by atoms with Crippen molar-refractivity contribution in [3.8, 4) is 0 Å². The van der Waals surface area contributed by atoms with Crippen molar-refractivity contribution in [1.82, 2.24) is 15.3 Å². The number of rotatable bonds is 5. The second-order valence-electron chi connectivity index (χ2n) is 5.48. The van der Waals surface area contributed by atoms with E-state index in [9.17, 15) is 9.59 Å². The summed E-state index contributed by atoms with van der Waals surface area (Å²) in [5, 5.41) is 2.68. The van der Waals surface area contributed by atoms with Crippen LogP contribution in [0.15, 0.2) is 60.8 Å². The summed E-state index contributed by atoms with van der Waals surface area (Å²) >= 11 is 0. The second kappa shape index (κ2) is 7.53. The van der Waals surface area contributed by atoms with Crippen LogP contribution >= 0.6 is 0 Å². The maximum atomic E-state index is 12.5. The SMILES string of the molecule is COC(=O)C(Cc1ccccc1)NC(=O)c1cnc2ccccc2n1. The van der Waals surface area contributed by atoms with Crippen molar-refractivity contribution in [2.45, 2.75) is 12.5 Å². The number of carbonyl (C=O) groups excluding carboxylic acids is 2. The number of esters is 1. The van der Waals surface area contributed by atoms with Gasteiger partial charge in [-0.15, -0.1) is 0 Å². The standard InChI is InChI=1S/C19H17N3O3/c1-25-19(24)16(11-13-7-3-2-4-8-13)22-18(23)17-12-20-14-9-5-6-10-15(14)21-17/h2-10,12,16H,11H2,1H3,(H,22,23). The van der Waals surface area contributed by atoms with E-state index in [1.54, 1.807) is 6.07 Å². The summed E-state index contributed by atoms with van der Waals surface area (Å²) in [4.78, 5) is 33.0. The average Bonchev–Trinajstić information content (AvgIpc) is 2.67. The number of hydrogen-bond donors (Lipinski definition) is 1. The number of carbonyl (C=O) groups is 2. The average molecular weight is 335 g/mol. The summed E-state index contributed by atoms with van der Waals surface area (Å²) < 4.78 is 4.80. The molecule has 6 nitrogen and oxygen atoms in total. The number of methoxy groups -OCH3 is 1. The number of nitrogens with one attached hydrogen (secondary N) is 1. The Morgan fingerprint density at radius 2 is 1.72 bits per heavy atom. The van der Waals surface area contributed by atoms with Crippen molar-refractivity contribution >= 4 is 22.9 Å². The fraction of sp³-hybridized carbons (Fsp3) is 0.158. The van der Waals surface area contributed by atoms with E-state index in [4.69, 9.17) is 4.74 Å². The predicted molar refractivity (Wildman–Crippen MR) is 93.0 cm³/mol. The molecular weight excluding hydrogens is 318 g/mol. The Morgan fingerprint density at radius 1 is 1.04 bits per heavy atom. The van der Waals surface area contributed by atoms with Crippen LogP contribution in [0.25, 0.3) is 11.0 Å². The Labute approximate surface area is 144 Å². The first-order chi connectivity index (χ1) is 12.2. The summed E-state index contributed by atoms with van der Waals surface area (Å²) in [7, 11) is 1.29. The fourth-order valence-electron chi connectivity index (χ4n) is 2.48. The van der Waals surface area contributed by atoms with E-state index < -0.39 is 17.9 Å². The molecule has 0 saturated heterocycles. The molecule has 1 N–H and O–H groups in total. The smallest absolute Gasteiger partial charge is 0.328 e. The molecule has 2 aromatic carbocycles. The first kappa shape index (κ1) is 16.6. The van der Waals surface area contributed by atoms with Crippen molar-refractivity contribution in [3.63, 3.8) is 0 Å². The van der Waals surface area contributed by atoms with Crippen LogP contribution in [0.5, 0.6) is 0 Å². The van der Waals surface area contributed by atoms with Gasteiger partial charge in [0.1, 0.15) is 11.7 Å². The molecule has 0 aliphatic rings. The minimum atomic E-state index is -0.798. The lowest BCUT2D eigenvalue weighted by Crippen LogP contribution is -2.43. The van der Waals surface area contributed by atoms with Crippen LogP contribution < -0.4 is 5.32 Å².